The van der Waals surface area contributed by atoms with E-state index in [0.717, 1.165) is 16.7 Å². The lowest BCUT2D eigenvalue weighted by Crippen LogP contribution is -1.97. The maximum Gasteiger partial charge on any atom is 0.303 e. The fourth-order valence-electron chi connectivity index (χ4n) is 1.96. The summed E-state index contributed by atoms with van der Waals surface area (Å²) in [6, 6.07) is 11.9. The van der Waals surface area contributed by atoms with Crippen molar-refractivity contribution in [1.29, 1.82) is 0 Å². The lowest BCUT2D eigenvalue weighted by atomic mass is 10.0. The van der Waals surface area contributed by atoms with E-state index in [0.29, 0.717) is 12.2 Å². The molecular formula is C16H15FO3. The first kappa shape index (κ1) is 14.1. The molecule has 104 valence electrons. The van der Waals surface area contributed by atoms with Gasteiger partial charge in [0.25, 0.3) is 0 Å². The molecule has 0 radical (unpaired) electrons. The minimum Gasteiger partial charge on any atom is -0.497 e. The third kappa shape index (κ3) is 3.57. The zero-order valence-electron chi connectivity index (χ0n) is 11.1. The summed E-state index contributed by atoms with van der Waals surface area (Å²) in [4.78, 5) is 10.5. The third-order valence-electron chi connectivity index (χ3n) is 3.02. The Bertz CT molecular complexity index is 606. The predicted octanol–water partition coefficient (Wildman–Crippen LogP) is 3.52. The largest absolute Gasteiger partial charge is 0.497 e. The number of benzene rings is 2. The number of aryl methyl sites for hydroxylation is 1. The van der Waals surface area contributed by atoms with Crippen LogP contribution in [0.1, 0.15) is 12.0 Å². The Balaban J connectivity index is 2.21. The average molecular weight is 274 g/mol. The second-order valence-corrected chi connectivity index (χ2v) is 4.47. The summed E-state index contributed by atoms with van der Waals surface area (Å²) < 4.78 is 18.5. The molecule has 4 heteroatoms. The van der Waals surface area contributed by atoms with Crippen molar-refractivity contribution in [2.75, 3.05) is 7.11 Å². The van der Waals surface area contributed by atoms with Gasteiger partial charge in [-0.2, -0.15) is 0 Å². The Morgan fingerprint density at radius 2 is 1.85 bits per heavy atom. The zero-order chi connectivity index (χ0) is 14.5. The van der Waals surface area contributed by atoms with Crippen LogP contribution in [-0.2, 0) is 11.2 Å². The summed E-state index contributed by atoms with van der Waals surface area (Å²) in [6.07, 6.45) is 0.592. The summed E-state index contributed by atoms with van der Waals surface area (Å²) in [5, 5.41) is 8.64. The topological polar surface area (TPSA) is 46.5 Å². The summed E-state index contributed by atoms with van der Waals surface area (Å²) in [7, 11) is 1.49. The van der Waals surface area contributed by atoms with Gasteiger partial charge < -0.3 is 9.84 Å². The molecule has 20 heavy (non-hydrogen) atoms. The van der Waals surface area contributed by atoms with Crippen molar-refractivity contribution in [2.45, 2.75) is 12.8 Å². The van der Waals surface area contributed by atoms with Crippen LogP contribution in [-0.4, -0.2) is 18.2 Å². The monoisotopic (exact) mass is 274 g/mol. The number of hydrogen-bond acceptors (Lipinski definition) is 2. The Labute approximate surface area is 116 Å². The maximum atomic E-state index is 13.4. The molecule has 0 aromatic heterocycles. The lowest BCUT2D eigenvalue weighted by molar-refractivity contribution is -0.136. The molecule has 0 saturated heterocycles. The Kier molecular flexibility index (Phi) is 4.35. The quantitative estimate of drug-likeness (QED) is 0.907. The van der Waals surface area contributed by atoms with Gasteiger partial charge in [0.15, 0.2) is 0 Å². The maximum absolute atomic E-state index is 13.4. The molecule has 2 aromatic carbocycles. The highest BCUT2D eigenvalue weighted by Gasteiger charge is 2.04. The fourth-order valence-corrected chi connectivity index (χ4v) is 1.96. The zero-order valence-corrected chi connectivity index (χ0v) is 11.1. The van der Waals surface area contributed by atoms with Crippen LogP contribution in [0.5, 0.6) is 5.75 Å². The first-order valence-corrected chi connectivity index (χ1v) is 6.24. The second kappa shape index (κ2) is 6.19. The van der Waals surface area contributed by atoms with Crippen LogP contribution in [0.2, 0.25) is 0 Å². The van der Waals surface area contributed by atoms with E-state index < -0.39 is 5.97 Å². The molecular weight excluding hydrogens is 259 g/mol. The van der Waals surface area contributed by atoms with E-state index in [4.69, 9.17) is 9.84 Å². The van der Waals surface area contributed by atoms with Gasteiger partial charge in [0.1, 0.15) is 11.6 Å². The summed E-state index contributed by atoms with van der Waals surface area (Å²) in [6.45, 7) is 0. The first-order chi connectivity index (χ1) is 9.58. The molecule has 2 rings (SSSR count). The second-order valence-electron chi connectivity index (χ2n) is 4.47. The van der Waals surface area contributed by atoms with Crippen LogP contribution in [0.4, 0.5) is 4.39 Å². The van der Waals surface area contributed by atoms with Crippen LogP contribution < -0.4 is 4.74 Å². The van der Waals surface area contributed by atoms with Gasteiger partial charge in [-0.15, -0.1) is 0 Å². The first-order valence-electron chi connectivity index (χ1n) is 6.24. The molecule has 0 heterocycles. The molecule has 0 bridgehead atoms. The van der Waals surface area contributed by atoms with E-state index in [-0.39, 0.29) is 12.2 Å². The van der Waals surface area contributed by atoms with Gasteiger partial charge in [0.05, 0.1) is 7.11 Å². The molecule has 0 aliphatic heterocycles. The van der Waals surface area contributed by atoms with E-state index in [9.17, 15) is 9.18 Å². The summed E-state index contributed by atoms with van der Waals surface area (Å²) in [5.74, 6) is -0.701. The minimum absolute atomic E-state index is 0.104. The molecule has 0 spiro atoms. The Morgan fingerprint density at radius 3 is 2.45 bits per heavy atom. The van der Waals surface area contributed by atoms with Crippen molar-refractivity contribution in [2.24, 2.45) is 0 Å². The van der Waals surface area contributed by atoms with E-state index in [2.05, 4.69) is 0 Å². The van der Waals surface area contributed by atoms with Crippen LogP contribution in [0.15, 0.2) is 42.5 Å². The standard InChI is InChI=1S/C16H15FO3/c1-20-15-9-13(8-14(17)10-15)12-5-2-11(3-6-12)4-7-16(18)19/h2-3,5-6,8-10H,4,7H2,1H3,(H,18,19). The van der Waals surface area contributed by atoms with Gasteiger partial charge in [-0.3, -0.25) is 4.79 Å². The molecule has 2 aromatic rings. The van der Waals surface area contributed by atoms with Gasteiger partial charge >= 0.3 is 5.97 Å². The number of carboxylic acid groups (broad SMARTS) is 1. The molecule has 0 aliphatic rings. The van der Waals surface area contributed by atoms with Crippen molar-refractivity contribution < 1.29 is 19.0 Å². The van der Waals surface area contributed by atoms with Gasteiger partial charge in [-0.1, -0.05) is 24.3 Å². The van der Waals surface area contributed by atoms with Crippen LogP contribution >= 0.6 is 0 Å². The van der Waals surface area contributed by atoms with Gasteiger partial charge in [-0.05, 0) is 35.2 Å². The van der Waals surface area contributed by atoms with E-state index in [1.165, 1.54) is 19.2 Å². The molecule has 0 aliphatic carbocycles. The molecule has 0 saturated carbocycles. The van der Waals surface area contributed by atoms with Crippen molar-refractivity contribution >= 4 is 5.97 Å². The number of halogens is 1. The fraction of sp³-hybridized carbons (Fsp3) is 0.188. The minimum atomic E-state index is -0.816. The number of carboxylic acids is 1. The molecule has 3 nitrogen and oxygen atoms in total. The molecule has 0 unspecified atom stereocenters. The normalized spacial score (nSPS) is 10.3. The van der Waals surface area contributed by atoms with Crippen LogP contribution in [0, 0.1) is 5.82 Å². The number of carbonyl (C=O) groups is 1. The van der Waals surface area contributed by atoms with Crippen molar-refractivity contribution in [1.82, 2.24) is 0 Å². The van der Waals surface area contributed by atoms with Crippen LogP contribution in [0.25, 0.3) is 11.1 Å². The molecule has 0 atom stereocenters. The Hall–Kier alpha value is -2.36. The Morgan fingerprint density at radius 1 is 1.15 bits per heavy atom. The van der Waals surface area contributed by atoms with Crippen molar-refractivity contribution in [3.05, 3.63) is 53.8 Å². The van der Waals surface area contributed by atoms with Gasteiger partial charge in [0.2, 0.25) is 0 Å². The number of aliphatic carboxylic acids is 1. The number of hydrogen-bond donors (Lipinski definition) is 1. The van der Waals surface area contributed by atoms with Gasteiger partial charge in [-0.25, -0.2) is 4.39 Å². The average Bonchev–Trinajstić information content (AvgIpc) is 2.45. The number of ether oxygens (including phenoxy) is 1. The predicted molar refractivity (Wildman–Crippen MR) is 74.3 cm³/mol. The van der Waals surface area contributed by atoms with Gasteiger partial charge in [0, 0.05) is 12.5 Å². The van der Waals surface area contributed by atoms with Crippen LogP contribution in [0.3, 0.4) is 0 Å². The molecule has 1 N–H and O–H groups in total. The van der Waals surface area contributed by atoms with E-state index in [1.54, 1.807) is 6.07 Å². The smallest absolute Gasteiger partial charge is 0.303 e. The highest BCUT2D eigenvalue weighted by Crippen LogP contribution is 2.26. The summed E-state index contributed by atoms with van der Waals surface area (Å²) >= 11 is 0. The number of rotatable bonds is 5. The SMILES string of the molecule is COc1cc(F)cc(-c2ccc(CCC(=O)O)cc2)c1. The highest BCUT2D eigenvalue weighted by atomic mass is 19.1. The third-order valence-corrected chi connectivity index (χ3v) is 3.02. The van der Waals surface area contributed by atoms with Crippen molar-refractivity contribution in [3.63, 3.8) is 0 Å². The van der Waals surface area contributed by atoms with Crippen molar-refractivity contribution in [3.8, 4) is 16.9 Å². The highest BCUT2D eigenvalue weighted by molar-refractivity contribution is 5.68. The van der Waals surface area contributed by atoms with E-state index >= 15 is 0 Å². The lowest BCUT2D eigenvalue weighted by Gasteiger charge is -2.07. The molecule has 0 amide bonds. The summed E-state index contributed by atoms with van der Waals surface area (Å²) in [5.41, 5.74) is 2.54. The van der Waals surface area contributed by atoms with E-state index in [1.807, 2.05) is 24.3 Å². The number of methoxy groups -OCH3 is 1. The molecule has 0 fully saturated rings.